The van der Waals surface area contributed by atoms with Crippen molar-refractivity contribution in [2.75, 3.05) is 44.7 Å². The summed E-state index contributed by atoms with van der Waals surface area (Å²) in [5, 5.41) is 16.0. The Hall–Kier alpha value is -4.10. The normalized spacial score (nSPS) is 18.5. The highest BCUT2D eigenvalue weighted by Crippen LogP contribution is 2.39. The Balaban J connectivity index is 1.40. The SMILES string of the molecule is COc1ccccc1-c1ccc(C2(CNC(=O)[C@@H]3CCNC3)CCN(c3ccc(C(F)(F)F)cc3C#N)CC2)cn1. The molecule has 7 nitrogen and oxygen atoms in total. The van der Waals surface area contributed by atoms with Gasteiger partial charge in [-0.05, 0) is 67.8 Å². The topological polar surface area (TPSA) is 90.3 Å². The first-order chi connectivity index (χ1) is 19.7. The summed E-state index contributed by atoms with van der Waals surface area (Å²) in [5.74, 6) is 0.673. The summed E-state index contributed by atoms with van der Waals surface area (Å²) < 4.78 is 45.2. The van der Waals surface area contributed by atoms with Crippen LogP contribution in [0.25, 0.3) is 11.3 Å². The molecule has 2 fully saturated rings. The molecular formula is C31H32F3N5O2. The molecule has 2 saturated heterocycles. The van der Waals surface area contributed by atoms with Gasteiger partial charge in [0, 0.05) is 43.4 Å². The Bertz CT molecular complexity index is 1420. The number of alkyl halides is 3. The van der Waals surface area contributed by atoms with E-state index in [9.17, 15) is 23.2 Å². The van der Waals surface area contributed by atoms with Gasteiger partial charge in [0.2, 0.25) is 5.91 Å². The van der Waals surface area contributed by atoms with Crippen molar-refractivity contribution in [3.63, 3.8) is 0 Å². The highest BCUT2D eigenvalue weighted by molar-refractivity contribution is 5.79. The molecular weight excluding hydrogens is 531 g/mol. The summed E-state index contributed by atoms with van der Waals surface area (Å²) in [6.45, 7) is 2.92. The zero-order valence-electron chi connectivity index (χ0n) is 22.8. The number of nitriles is 1. The molecule has 0 aliphatic carbocycles. The predicted octanol–water partition coefficient (Wildman–Crippen LogP) is 4.91. The van der Waals surface area contributed by atoms with Crippen LogP contribution in [0.5, 0.6) is 5.75 Å². The third kappa shape index (κ3) is 6.00. The van der Waals surface area contributed by atoms with Crippen LogP contribution in [0.1, 0.15) is 36.0 Å². The van der Waals surface area contributed by atoms with Crippen LogP contribution in [-0.2, 0) is 16.4 Å². The molecule has 3 heterocycles. The molecule has 1 aromatic heterocycles. The van der Waals surface area contributed by atoms with Crippen LogP contribution >= 0.6 is 0 Å². The van der Waals surface area contributed by atoms with Crippen molar-refractivity contribution < 1.29 is 22.7 Å². The standard InChI is InChI=1S/C31H32F3N5O2/c1-41-28-5-3-2-4-25(28)26-8-6-24(19-37-26)30(20-38-29(40)21-10-13-36-18-21)11-14-39(15-12-30)27-9-7-23(31(32,33)34)16-22(27)17-35/h2-9,16,19,21,36H,10-15,18,20H2,1H3,(H,38,40)/t21-/m1/s1. The number of nitrogens with one attached hydrogen (secondary N) is 2. The number of hydrogen-bond acceptors (Lipinski definition) is 6. The second kappa shape index (κ2) is 11.8. The minimum atomic E-state index is -4.52. The van der Waals surface area contributed by atoms with E-state index in [2.05, 4.69) is 10.6 Å². The first-order valence-corrected chi connectivity index (χ1v) is 13.7. The van der Waals surface area contributed by atoms with Crippen molar-refractivity contribution in [3.05, 3.63) is 77.5 Å². The number of methoxy groups -OCH3 is 1. The third-order valence-electron chi connectivity index (χ3n) is 8.30. The second-order valence-corrected chi connectivity index (χ2v) is 10.6. The molecule has 3 aromatic rings. The van der Waals surface area contributed by atoms with Crippen LogP contribution in [0, 0.1) is 17.2 Å². The Labute approximate surface area is 237 Å². The third-order valence-corrected chi connectivity index (χ3v) is 8.30. The largest absolute Gasteiger partial charge is 0.496 e. The van der Waals surface area contributed by atoms with E-state index in [1.807, 2.05) is 53.6 Å². The van der Waals surface area contributed by atoms with Gasteiger partial charge in [-0.25, -0.2) is 0 Å². The summed E-state index contributed by atoms with van der Waals surface area (Å²) in [7, 11) is 1.62. The monoisotopic (exact) mass is 563 g/mol. The number of pyridine rings is 1. The van der Waals surface area contributed by atoms with Gasteiger partial charge in [-0.15, -0.1) is 0 Å². The summed E-state index contributed by atoms with van der Waals surface area (Å²) in [6.07, 6.45) is -0.626. The molecule has 2 aliphatic rings. The number of carbonyl (C=O) groups is 1. The fourth-order valence-corrected chi connectivity index (χ4v) is 5.82. The molecule has 5 rings (SSSR count). The summed E-state index contributed by atoms with van der Waals surface area (Å²) >= 11 is 0. The van der Waals surface area contributed by atoms with Crippen molar-refractivity contribution in [2.45, 2.75) is 30.9 Å². The van der Waals surface area contributed by atoms with E-state index in [0.717, 1.165) is 47.7 Å². The van der Waals surface area contributed by atoms with Crippen LogP contribution in [-0.4, -0.2) is 50.7 Å². The van der Waals surface area contributed by atoms with Gasteiger partial charge in [0.1, 0.15) is 11.8 Å². The molecule has 0 spiro atoms. The zero-order chi connectivity index (χ0) is 29.0. The number of piperidine rings is 1. The lowest BCUT2D eigenvalue weighted by Gasteiger charge is -2.43. The van der Waals surface area contributed by atoms with Gasteiger partial charge in [0.15, 0.2) is 0 Å². The molecule has 0 bridgehead atoms. The summed E-state index contributed by atoms with van der Waals surface area (Å²) in [5.41, 5.74) is 1.84. The average Bonchev–Trinajstić information content (AvgIpc) is 3.55. The smallest absolute Gasteiger partial charge is 0.416 e. The lowest BCUT2D eigenvalue weighted by molar-refractivity contribution is -0.137. The molecule has 214 valence electrons. The van der Waals surface area contributed by atoms with Crippen molar-refractivity contribution in [1.82, 2.24) is 15.6 Å². The molecule has 41 heavy (non-hydrogen) atoms. The minimum Gasteiger partial charge on any atom is -0.496 e. The molecule has 2 N–H and O–H groups in total. The minimum absolute atomic E-state index is 0.00260. The quantitative estimate of drug-likeness (QED) is 0.425. The van der Waals surface area contributed by atoms with Gasteiger partial charge in [-0.2, -0.15) is 18.4 Å². The fraction of sp³-hybridized carbons (Fsp3) is 0.387. The van der Waals surface area contributed by atoms with Gasteiger partial charge in [-0.1, -0.05) is 18.2 Å². The lowest BCUT2D eigenvalue weighted by atomic mass is 9.72. The Morgan fingerprint density at radius 1 is 1.20 bits per heavy atom. The highest BCUT2D eigenvalue weighted by atomic mass is 19.4. The maximum absolute atomic E-state index is 13.2. The lowest BCUT2D eigenvalue weighted by Crippen LogP contribution is -2.50. The van der Waals surface area contributed by atoms with E-state index in [-0.39, 0.29) is 17.4 Å². The van der Waals surface area contributed by atoms with E-state index in [1.54, 1.807) is 7.11 Å². The number of amides is 1. The number of para-hydroxylation sites is 1. The van der Waals surface area contributed by atoms with Crippen LogP contribution in [0.3, 0.4) is 0 Å². The maximum atomic E-state index is 13.2. The Morgan fingerprint density at radius 2 is 1.98 bits per heavy atom. The molecule has 2 aromatic carbocycles. The van der Waals surface area contributed by atoms with Crippen LogP contribution < -0.4 is 20.3 Å². The number of rotatable bonds is 7. The molecule has 1 atom stereocenters. The number of anilines is 1. The number of hydrogen-bond donors (Lipinski definition) is 2. The van der Waals surface area contributed by atoms with Gasteiger partial charge in [0.25, 0.3) is 0 Å². The van der Waals surface area contributed by atoms with E-state index < -0.39 is 17.2 Å². The number of aromatic nitrogens is 1. The van der Waals surface area contributed by atoms with Crippen molar-refractivity contribution in [2.24, 2.45) is 5.92 Å². The number of nitrogens with zero attached hydrogens (tertiary/aromatic N) is 3. The molecule has 2 aliphatic heterocycles. The summed E-state index contributed by atoms with van der Waals surface area (Å²) in [4.78, 5) is 19.6. The van der Waals surface area contributed by atoms with E-state index in [1.165, 1.54) is 6.07 Å². The number of ether oxygens (including phenoxy) is 1. The highest BCUT2D eigenvalue weighted by Gasteiger charge is 2.39. The second-order valence-electron chi connectivity index (χ2n) is 10.6. The van der Waals surface area contributed by atoms with Crippen molar-refractivity contribution >= 4 is 11.6 Å². The number of halogens is 3. The van der Waals surface area contributed by atoms with E-state index in [0.29, 0.717) is 44.7 Å². The molecule has 1 amide bonds. The van der Waals surface area contributed by atoms with Gasteiger partial charge < -0.3 is 20.3 Å². The fourth-order valence-electron chi connectivity index (χ4n) is 5.82. The van der Waals surface area contributed by atoms with Gasteiger partial charge in [0.05, 0.1) is 35.5 Å². The number of carbonyl (C=O) groups excluding carboxylic acids is 1. The number of benzene rings is 2. The Kier molecular flexibility index (Phi) is 8.18. The Morgan fingerprint density at radius 3 is 2.61 bits per heavy atom. The van der Waals surface area contributed by atoms with Crippen LogP contribution in [0.15, 0.2) is 60.8 Å². The molecule has 10 heteroatoms. The first-order valence-electron chi connectivity index (χ1n) is 13.7. The van der Waals surface area contributed by atoms with E-state index >= 15 is 0 Å². The first kappa shape index (κ1) is 28.4. The molecule has 0 radical (unpaired) electrons. The van der Waals surface area contributed by atoms with E-state index in [4.69, 9.17) is 9.72 Å². The van der Waals surface area contributed by atoms with Crippen molar-refractivity contribution in [1.29, 1.82) is 5.26 Å². The van der Waals surface area contributed by atoms with Gasteiger partial charge >= 0.3 is 6.18 Å². The molecule has 0 saturated carbocycles. The average molecular weight is 564 g/mol. The van der Waals surface area contributed by atoms with Crippen molar-refractivity contribution in [3.8, 4) is 23.1 Å². The maximum Gasteiger partial charge on any atom is 0.416 e. The zero-order valence-corrected chi connectivity index (χ0v) is 22.8. The van der Waals surface area contributed by atoms with Crippen LogP contribution in [0.2, 0.25) is 0 Å². The molecule has 0 unspecified atom stereocenters. The van der Waals surface area contributed by atoms with Crippen LogP contribution in [0.4, 0.5) is 18.9 Å². The summed E-state index contributed by atoms with van der Waals surface area (Å²) in [6, 6.07) is 16.9. The predicted molar refractivity (Wildman–Crippen MR) is 149 cm³/mol. The van der Waals surface area contributed by atoms with Gasteiger partial charge in [-0.3, -0.25) is 9.78 Å².